The van der Waals surface area contributed by atoms with Gasteiger partial charge in [-0.25, -0.2) is 0 Å². The molecule has 4 nitrogen and oxygen atoms in total. The molecule has 0 aromatic heterocycles. The number of halogens is 2. The molecule has 2 amide bonds. The molecule has 1 aliphatic carbocycles. The number of hydrogen-bond donors (Lipinski definition) is 1. The molecular formula is C23H26Cl2N2O2. The van der Waals surface area contributed by atoms with Crippen LogP contribution in [0, 0.1) is 0 Å². The molecule has 0 heterocycles. The largest absolute Gasteiger partial charge is 0.352 e. The first-order chi connectivity index (χ1) is 13.9. The van der Waals surface area contributed by atoms with Gasteiger partial charge >= 0.3 is 0 Å². The summed E-state index contributed by atoms with van der Waals surface area (Å²) in [5.74, 6) is -0.250. The van der Waals surface area contributed by atoms with Crippen molar-refractivity contribution in [2.75, 3.05) is 0 Å². The van der Waals surface area contributed by atoms with Crippen LogP contribution in [0.3, 0.4) is 0 Å². The molecule has 154 valence electrons. The van der Waals surface area contributed by atoms with E-state index >= 15 is 0 Å². The summed E-state index contributed by atoms with van der Waals surface area (Å²) in [5.41, 5.74) is 1.67. The van der Waals surface area contributed by atoms with Crippen molar-refractivity contribution < 1.29 is 9.59 Å². The number of benzene rings is 2. The van der Waals surface area contributed by atoms with Crippen LogP contribution in [-0.4, -0.2) is 28.8 Å². The number of rotatable bonds is 7. The number of carbonyl (C=O) groups is 2. The second-order valence-corrected chi connectivity index (χ2v) is 8.43. The molecule has 29 heavy (non-hydrogen) atoms. The lowest BCUT2D eigenvalue weighted by molar-refractivity contribution is -0.140. The van der Waals surface area contributed by atoms with Crippen molar-refractivity contribution in [1.29, 1.82) is 0 Å². The van der Waals surface area contributed by atoms with E-state index in [0.717, 1.165) is 36.8 Å². The van der Waals surface area contributed by atoms with Crippen molar-refractivity contribution in [2.24, 2.45) is 0 Å². The fourth-order valence-corrected chi connectivity index (χ4v) is 4.00. The first-order valence-corrected chi connectivity index (χ1v) is 10.8. The molecule has 1 fully saturated rings. The van der Waals surface area contributed by atoms with Gasteiger partial charge in [0.25, 0.3) is 0 Å². The summed E-state index contributed by atoms with van der Waals surface area (Å²) >= 11 is 12.2. The smallest absolute Gasteiger partial charge is 0.242 e. The van der Waals surface area contributed by atoms with E-state index in [9.17, 15) is 9.59 Å². The number of carbonyl (C=O) groups excluding carboxylic acids is 2. The van der Waals surface area contributed by atoms with Crippen molar-refractivity contribution in [3.8, 4) is 0 Å². The Kier molecular flexibility index (Phi) is 7.57. The van der Waals surface area contributed by atoms with E-state index < -0.39 is 6.04 Å². The highest BCUT2D eigenvalue weighted by Gasteiger charge is 2.28. The molecule has 1 N–H and O–H groups in total. The Balaban J connectivity index is 1.77. The Bertz CT molecular complexity index is 848. The highest BCUT2D eigenvalue weighted by atomic mass is 35.5. The minimum absolute atomic E-state index is 0.113. The zero-order chi connectivity index (χ0) is 20.8. The third-order valence-corrected chi connectivity index (χ3v) is 6.06. The average molecular weight is 433 g/mol. The third-order valence-electron chi connectivity index (χ3n) is 5.43. The number of nitrogens with one attached hydrogen (secondary N) is 1. The van der Waals surface area contributed by atoms with E-state index in [-0.39, 0.29) is 24.3 Å². The predicted molar refractivity (Wildman–Crippen MR) is 117 cm³/mol. The molecule has 0 radical (unpaired) electrons. The van der Waals surface area contributed by atoms with Crippen LogP contribution >= 0.6 is 23.2 Å². The molecule has 1 saturated carbocycles. The standard InChI is InChI=1S/C23H26Cl2N2O2/c1-16(23(29)26-20-7-3-4-8-20)27(15-17-10-12-19(24)13-11-17)22(28)14-18-6-2-5-9-21(18)25/h2,5-6,9-13,16,20H,3-4,7-8,14-15H2,1H3,(H,26,29)/t16-/m0/s1. The summed E-state index contributed by atoms with van der Waals surface area (Å²) < 4.78 is 0. The molecule has 1 atom stereocenters. The molecule has 2 aromatic rings. The van der Waals surface area contributed by atoms with E-state index in [1.165, 1.54) is 0 Å². The van der Waals surface area contributed by atoms with Crippen LogP contribution in [0.4, 0.5) is 0 Å². The van der Waals surface area contributed by atoms with Gasteiger partial charge < -0.3 is 10.2 Å². The maximum Gasteiger partial charge on any atom is 0.242 e. The lowest BCUT2D eigenvalue weighted by atomic mass is 10.1. The van der Waals surface area contributed by atoms with Gasteiger partial charge in [0, 0.05) is 22.6 Å². The second-order valence-electron chi connectivity index (χ2n) is 7.58. The van der Waals surface area contributed by atoms with Crippen LogP contribution in [0.2, 0.25) is 10.0 Å². The maximum absolute atomic E-state index is 13.2. The van der Waals surface area contributed by atoms with Gasteiger partial charge in [-0.2, -0.15) is 0 Å². The molecule has 0 aliphatic heterocycles. The number of amides is 2. The Labute approximate surface area is 182 Å². The van der Waals surface area contributed by atoms with Crippen molar-refractivity contribution in [1.82, 2.24) is 10.2 Å². The van der Waals surface area contributed by atoms with Crippen LogP contribution in [0.15, 0.2) is 48.5 Å². The molecule has 2 aromatic carbocycles. The van der Waals surface area contributed by atoms with Crippen LogP contribution in [-0.2, 0) is 22.6 Å². The van der Waals surface area contributed by atoms with E-state index in [1.807, 2.05) is 30.3 Å². The van der Waals surface area contributed by atoms with Gasteiger partial charge in [-0.1, -0.05) is 66.4 Å². The van der Waals surface area contributed by atoms with E-state index in [0.29, 0.717) is 16.6 Å². The molecule has 0 spiro atoms. The fraction of sp³-hybridized carbons (Fsp3) is 0.391. The first-order valence-electron chi connectivity index (χ1n) is 10.0. The van der Waals surface area contributed by atoms with E-state index in [1.54, 1.807) is 30.0 Å². The van der Waals surface area contributed by atoms with Gasteiger partial charge in [0.05, 0.1) is 6.42 Å². The quantitative estimate of drug-likeness (QED) is 0.667. The molecule has 1 aliphatic rings. The van der Waals surface area contributed by atoms with E-state index in [2.05, 4.69) is 5.32 Å². The second kappa shape index (κ2) is 10.1. The summed E-state index contributed by atoms with van der Waals surface area (Å²) in [6.07, 6.45) is 4.43. The Morgan fingerprint density at radius 3 is 2.38 bits per heavy atom. The summed E-state index contributed by atoms with van der Waals surface area (Å²) in [6, 6.07) is 14.2. The molecule has 6 heteroatoms. The Morgan fingerprint density at radius 2 is 1.72 bits per heavy atom. The molecule has 3 rings (SSSR count). The topological polar surface area (TPSA) is 49.4 Å². The molecular weight excluding hydrogens is 407 g/mol. The maximum atomic E-state index is 13.2. The summed E-state index contributed by atoms with van der Waals surface area (Å²) in [7, 11) is 0. The van der Waals surface area contributed by atoms with Crippen LogP contribution in [0.5, 0.6) is 0 Å². The van der Waals surface area contributed by atoms with Crippen LogP contribution in [0.25, 0.3) is 0 Å². The monoisotopic (exact) mass is 432 g/mol. The molecule has 0 unspecified atom stereocenters. The zero-order valence-electron chi connectivity index (χ0n) is 16.5. The highest BCUT2D eigenvalue weighted by Crippen LogP contribution is 2.21. The summed E-state index contributed by atoms with van der Waals surface area (Å²) in [6.45, 7) is 2.12. The normalized spacial score (nSPS) is 15.1. The van der Waals surface area contributed by atoms with Crippen molar-refractivity contribution in [3.05, 3.63) is 69.7 Å². The minimum atomic E-state index is -0.582. The third kappa shape index (κ3) is 5.97. The minimum Gasteiger partial charge on any atom is -0.352 e. The van der Waals surface area contributed by atoms with Gasteiger partial charge in [0.2, 0.25) is 11.8 Å². The van der Waals surface area contributed by atoms with E-state index in [4.69, 9.17) is 23.2 Å². The number of nitrogens with zero attached hydrogens (tertiary/aromatic N) is 1. The van der Waals surface area contributed by atoms with Crippen molar-refractivity contribution in [3.63, 3.8) is 0 Å². The zero-order valence-corrected chi connectivity index (χ0v) is 18.0. The molecule has 0 saturated heterocycles. The van der Waals surface area contributed by atoms with Crippen LogP contribution in [0.1, 0.15) is 43.7 Å². The first kappa shape index (κ1) is 21.7. The summed E-state index contributed by atoms with van der Waals surface area (Å²) in [4.78, 5) is 27.7. The van der Waals surface area contributed by atoms with Gasteiger partial charge in [-0.15, -0.1) is 0 Å². The lowest BCUT2D eigenvalue weighted by Gasteiger charge is -2.30. The fourth-order valence-electron chi connectivity index (χ4n) is 3.67. The van der Waals surface area contributed by atoms with Gasteiger partial charge in [-0.3, -0.25) is 9.59 Å². The van der Waals surface area contributed by atoms with Crippen molar-refractivity contribution >= 4 is 35.0 Å². The SMILES string of the molecule is C[C@@H](C(=O)NC1CCCC1)N(Cc1ccc(Cl)cc1)C(=O)Cc1ccccc1Cl. The lowest BCUT2D eigenvalue weighted by Crippen LogP contribution is -2.50. The molecule has 0 bridgehead atoms. The highest BCUT2D eigenvalue weighted by molar-refractivity contribution is 6.31. The van der Waals surface area contributed by atoms with Gasteiger partial charge in [0.1, 0.15) is 6.04 Å². The Hall–Kier alpha value is -2.04. The van der Waals surface area contributed by atoms with Gasteiger partial charge in [0.15, 0.2) is 0 Å². The van der Waals surface area contributed by atoms with Crippen LogP contribution < -0.4 is 5.32 Å². The number of hydrogen-bond acceptors (Lipinski definition) is 2. The Morgan fingerprint density at radius 1 is 1.07 bits per heavy atom. The van der Waals surface area contributed by atoms with Gasteiger partial charge in [-0.05, 0) is 49.1 Å². The predicted octanol–water partition coefficient (Wildman–Crippen LogP) is 5.01. The summed E-state index contributed by atoms with van der Waals surface area (Å²) in [5, 5.41) is 4.29. The van der Waals surface area contributed by atoms with Crippen molar-refractivity contribution in [2.45, 2.75) is 57.7 Å². The average Bonchev–Trinajstić information content (AvgIpc) is 3.21.